The molecule has 0 radical (unpaired) electrons. The fourth-order valence-corrected chi connectivity index (χ4v) is 2.92. The Kier molecular flexibility index (Phi) is 4.97. The van der Waals surface area contributed by atoms with Gasteiger partial charge in [0.2, 0.25) is 0 Å². The molecule has 1 aromatic carbocycles. The van der Waals surface area contributed by atoms with Crippen LogP contribution in [0.25, 0.3) is 0 Å². The molecule has 1 saturated heterocycles. The minimum Gasteiger partial charge on any atom is -0.363 e. The van der Waals surface area contributed by atoms with Crippen LogP contribution in [0.3, 0.4) is 0 Å². The maximum absolute atomic E-state index is 14.2. The van der Waals surface area contributed by atoms with E-state index < -0.39 is 0 Å². The van der Waals surface area contributed by atoms with Crippen molar-refractivity contribution in [3.63, 3.8) is 0 Å². The van der Waals surface area contributed by atoms with Gasteiger partial charge in [-0.15, -0.1) is 0 Å². The van der Waals surface area contributed by atoms with Gasteiger partial charge < -0.3 is 10.2 Å². The Balaban J connectivity index is 2.28. The minimum atomic E-state index is -0.332. The minimum absolute atomic E-state index is 0.222. The average Bonchev–Trinajstić information content (AvgIpc) is 2.43. The first-order valence-electron chi connectivity index (χ1n) is 7.52. The van der Waals surface area contributed by atoms with Crippen molar-refractivity contribution in [3.8, 4) is 0 Å². The highest BCUT2D eigenvalue weighted by Gasteiger charge is 2.28. The summed E-state index contributed by atoms with van der Waals surface area (Å²) in [6.07, 6.45) is 3.07. The van der Waals surface area contributed by atoms with Gasteiger partial charge in [-0.2, -0.15) is 0 Å². The molecule has 1 aliphatic heterocycles. The molecule has 1 heterocycles. The Morgan fingerprint density at radius 3 is 2.65 bits per heavy atom. The first-order valence-corrected chi connectivity index (χ1v) is 7.52. The molecule has 0 spiro atoms. The SMILES string of the molecule is CCCC1CN(c2cc(F)c(C)cc2F)C(CC)CN1. The second kappa shape index (κ2) is 6.53. The molecule has 0 aromatic heterocycles. The van der Waals surface area contributed by atoms with Crippen LogP contribution in [0.4, 0.5) is 14.5 Å². The van der Waals surface area contributed by atoms with Crippen molar-refractivity contribution >= 4 is 5.69 Å². The predicted octanol–water partition coefficient (Wildman–Crippen LogP) is 3.63. The topological polar surface area (TPSA) is 15.3 Å². The Hall–Kier alpha value is -1.16. The van der Waals surface area contributed by atoms with Crippen molar-refractivity contribution in [1.82, 2.24) is 5.32 Å². The molecule has 0 aliphatic carbocycles. The maximum atomic E-state index is 14.2. The van der Waals surface area contributed by atoms with Crippen molar-refractivity contribution < 1.29 is 8.78 Å². The van der Waals surface area contributed by atoms with Crippen LogP contribution in [0.2, 0.25) is 0 Å². The van der Waals surface area contributed by atoms with Gasteiger partial charge in [0.25, 0.3) is 0 Å². The quantitative estimate of drug-likeness (QED) is 0.907. The Bertz CT molecular complexity index is 462. The lowest BCUT2D eigenvalue weighted by Crippen LogP contribution is -2.56. The lowest BCUT2D eigenvalue weighted by molar-refractivity contribution is 0.366. The zero-order chi connectivity index (χ0) is 14.7. The molecule has 112 valence electrons. The molecule has 1 aliphatic rings. The third-order valence-electron chi connectivity index (χ3n) is 4.15. The summed E-state index contributed by atoms with van der Waals surface area (Å²) in [6.45, 7) is 7.39. The first-order chi connectivity index (χ1) is 9.56. The lowest BCUT2D eigenvalue weighted by atomic mass is 10.0. The summed E-state index contributed by atoms with van der Waals surface area (Å²) < 4.78 is 28.0. The van der Waals surface area contributed by atoms with Crippen LogP contribution >= 0.6 is 0 Å². The van der Waals surface area contributed by atoms with E-state index in [2.05, 4.69) is 19.2 Å². The van der Waals surface area contributed by atoms with Crippen molar-refractivity contribution in [2.75, 3.05) is 18.0 Å². The summed E-state index contributed by atoms with van der Waals surface area (Å²) in [6, 6.07) is 3.22. The Labute approximate surface area is 120 Å². The Morgan fingerprint density at radius 2 is 2.00 bits per heavy atom. The molecule has 2 rings (SSSR count). The van der Waals surface area contributed by atoms with Crippen molar-refractivity contribution in [2.24, 2.45) is 0 Å². The molecule has 0 saturated carbocycles. The number of benzene rings is 1. The zero-order valence-corrected chi connectivity index (χ0v) is 12.5. The molecule has 1 fully saturated rings. The van der Waals surface area contributed by atoms with Gasteiger partial charge in [-0.1, -0.05) is 20.3 Å². The maximum Gasteiger partial charge on any atom is 0.146 e. The number of nitrogens with zero attached hydrogens (tertiary/aromatic N) is 1. The molecule has 2 atom stereocenters. The normalized spacial score (nSPS) is 23.1. The van der Waals surface area contributed by atoms with E-state index in [-0.39, 0.29) is 17.7 Å². The summed E-state index contributed by atoms with van der Waals surface area (Å²) in [5.74, 6) is -0.652. The number of rotatable bonds is 4. The van der Waals surface area contributed by atoms with Crippen molar-refractivity contribution in [1.29, 1.82) is 0 Å². The summed E-state index contributed by atoms with van der Waals surface area (Å²) in [4.78, 5) is 2.04. The third-order valence-corrected chi connectivity index (χ3v) is 4.15. The van der Waals surface area contributed by atoms with E-state index in [1.807, 2.05) is 4.90 Å². The summed E-state index contributed by atoms with van der Waals surface area (Å²) >= 11 is 0. The lowest BCUT2D eigenvalue weighted by Gasteiger charge is -2.42. The first kappa shape index (κ1) is 15.2. The van der Waals surface area contributed by atoms with Crippen LogP contribution in [0.1, 0.15) is 38.7 Å². The molecule has 2 unspecified atom stereocenters. The summed E-state index contributed by atoms with van der Waals surface area (Å²) in [5, 5.41) is 3.51. The number of halogens is 2. The summed E-state index contributed by atoms with van der Waals surface area (Å²) in [5.41, 5.74) is 0.766. The highest BCUT2D eigenvalue weighted by atomic mass is 19.1. The van der Waals surface area contributed by atoms with Crippen molar-refractivity contribution in [2.45, 2.75) is 52.1 Å². The number of hydrogen-bond donors (Lipinski definition) is 1. The van der Waals surface area contributed by atoms with Crippen molar-refractivity contribution in [3.05, 3.63) is 29.3 Å². The Morgan fingerprint density at radius 1 is 1.25 bits per heavy atom. The molecule has 1 aromatic rings. The number of nitrogens with one attached hydrogen (secondary N) is 1. The van der Waals surface area contributed by atoms with E-state index in [0.29, 0.717) is 17.3 Å². The second-order valence-corrected chi connectivity index (χ2v) is 5.66. The van der Waals surface area contributed by atoms with Crippen LogP contribution in [-0.2, 0) is 0 Å². The standard InChI is InChI=1S/C16H24F2N2/c1-4-6-12-10-20(13(5-2)9-19-12)16-8-14(17)11(3)7-15(16)18/h7-8,12-13,19H,4-6,9-10H2,1-3H3. The number of aryl methyl sites for hydroxylation is 1. The van der Waals surface area contributed by atoms with E-state index in [1.165, 1.54) is 12.1 Å². The molecule has 2 nitrogen and oxygen atoms in total. The molecule has 20 heavy (non-hydrogen) atoms. The smallest absolute Gasteiger partial charge is 0.146 e. The number of anilines is 1. The van der Waals surface area contributed by atoms with E-state index >= 15 is 0 Å². The molecule has 0 amide bonds. The molecule has 0 bridgehead atoms. The predicted molar refractivity (Wildman–Crippen MR) is 79.2 cm³/mol. The van der Waals surface area contributed by atoms with Crippen LogP contribution in [0.15, 0.2) is 12.1 Å². The van der Waals surface area contributed by atoms with Crippen LogP contribution < -0.4 is 10.2 Å². The third kappa shape index (κ3) is 3.11. The number of hydrogen-bond acceptors (Lipinski definition) is 2. The van der Waals surface area contributed by atoms with Gasteiger partial charge in [0.1, 0.15) is 11.6 Å². The largest absolute Gasteiger partial charge is 0.363 e. The van der Waals surface area contributed by atoms with Crippen LogP contribution in [-0.4, -0.2) is 25.2 Å². The van der Waals surface area contributed by atoms with Gasteiger partial charge in [-0.3, -0.25) is 0 Å². The highest BCUT2D eigenvalue weighted by molar-refractivity contribution is 5.51. The van der Waals surface area contributed by atoms with Gasteiger partial charge in [-0.25, -0.2) is 8.78 Å². The van der Waals surface area contributed by atoms with Gasteiger partial charge in [0.05, 0.1) is 5.69 Å². The van der Waals surface area contributed by atoms with Gasteiger partial charge in [-0.05, 0) is 31.4 Å². The zero-order valence-electron chi connectivity index (χ0n) is 12.5. The highest BCUT2D eigenvalue weighted by Crippen LogP contribution is 2.27. The van der Waals surface area contributed by atoms with Crippen LogP contribution in [0, 0.1) is 18.6 Å². The second-order valence-electron chi connectivity index (χ2n) is 5.66. The van der Waals surface area contributed by atoms with E-state index in [9.17, 15) is 8.78 Å². The molecular formula is C16H24F2N2. The van der Waals surface area contributed by atoms with Crippen LogP contribution in [0.5, 0.6) is 0 Å². The monoisotopic (exact) mass is 282 g/mol. The van der Waals surface area contributed by atoms with E-state index in [0.717, 1.165) is 32.4 Å². The fourth-order valence-electron chi connectivity index (χ4n) is 2.92. The molecule has 1 N–H and O–H groups in total. The van der Waals surface area contributed by atoms with E-state index in [1.54, 1.807) is 6.92 Å². The van der Waals surface area contributed by atoms with Gasteiger partial charge in [0.15, 0.2) is 0 Å². The fraction of sp³-hybridized carbons (Fsp3) is 0.625. The molecular weight excluding hydrogens is 258 g/mol. The van der Waals surface area contributed by atoms with E-state index in [4.69, 9.17) is 0 Å². The summed E-state index contributed by atoms with van der Waals surface area (Å²) in [7, 11) is 0. The van der Waals surface area contributed by atoms with Gasteiger partial charge >= 0.3 is 0 Å². The number of piperazine rings is 1. The van der Waals surface area contributed by atoms with Gasteiger partial charge in [0, 0.05) is 31.2 Å². The average molecular weight is 282 g/mol. The molecule has 4 heteroatoms.